The highest BCUT2D eigenvalue weighted by Crippen LogP contribution is 2.26. The Morgan fingerprint density at radius 2 is 2.12 bits per heavy atom. The molecule has 0 atom stereocenters. The first-order chi connectivity index (χ1) is 8.24. The van der Waals surface area contributed by atoms with Gasteiger partial charge in [0.2, 0.25) is 0 Å². The van der Waals surface area contributed by atoms with E-state index < -0.39 is 0 Å². The van der Waals surface area contributed by atoms with E-state index in [2.05, 4.69) is 10.1 Å². The van der Waals surface area contributed by atoms with Crippen molar-refractivity contribution in [3.63, 3.8) is 0 Å². The van der Waals surface area contributed by atoms with Crippen molar-refractivity contribution in [3.05, 3.63) is 48.5 Å². The van der Waals surface area contributed by atoms with Crippen LogP contribution < -0.4 is 0 Å². The molecule has 3 nitrogen and oxygen atoms in total. The second-order valence-corrected chi connectivity index (χ2v) is 3.91. The van der Waals surface area contributed by atoms with Crippen molar-refractivity contribution in [2.75, 3.05) is 0 Å². The highest BCUT2D eigenvalue weighted by molar-refractivity contribution is 5.92. The predicted octanol–water partition coefficient (Wildman–Crippen LogP) is 2.77. The standard InChI is InChI=1S/C13H10FN3/c1-17-8-12-11(5-6-15-13(12)16-17)9-3-2-4-10(14)7-9/h2-8H,1H3. The lowest BCUT2D eigenvalue weighted by molar-refractivity contribution is 0.628. The van der Waals surface area contributed by atoms with Crippen molar-refractivity contribution in [2.24, 2.45) is 7.05 Å². The number of benzene rings is 1. The summed E-state index contributed by atoms with van der Waals surface area (Å²) in [6.45, 7) is 0. The van der Waals surface area contributed by atoms with E-state index in [1.807, 2.05) is 25.4 Å². The first kappa shape index (κ1) is 9.96. The van der Waals surface area contributed by atoms with Crippen molar-refractivity contribution in [1.82, 2.24) is 14.8 Å². The van der Waals surface area contributed by atoms with Crippen LogP contribution in [-0.2, 0) is 7.05 Å². The quantitative estimate of drug-likeness (QED) is 0.640. The van der Waals surface area contributed by atoms with E-state index >= 15 is 0 Å². The number of aryl methyl sites for hydroxylation is 1. The molecule has 2 aromatic heterocycles. The number of hydrogen-bond donors (Lipinski definition) is 0. The molecule has 0 amide bonds. The van der Waals surface area contributed by atoms with E-state index in [-0.39, 0.29) is 5.82 Å². The van der Waals surface area contributed by atoms with Crippen molar-refractivity contribution < 1.29 is 4.39 Å². The maximum atomic E-state index is 13.2. The molecule has 4 heteroatoms. The predicted molar refractivity (Wildman–Crippen MR) is 63.9 cm³/mol. The fourth-order valence-corrected chi connectivity index (χ4v) is 1.94. The van der Waals surface area contributed by atoms with Crippen LogP contribution in [0.2, 0.25) is 0 Å². The maximum Gasteiger partial charge on any atom is 0.181 e. The Kier molecular flexibility index (Phi) is 2.14. The second-order valence-electron chi connectivity index (χ2n) is 3.91. The summed E-state index contributed by atoms with van der Waals surface area (Å²) in [5.41, 5.74) is 2.46. The van der Waals surface area contributed by atoms with Gasteiger partial charge in [-0.25, -0.2) is 9.37 Å². The van der Waals surface area contributed by atoms with Crippen LogP contribution in [0.3, 0.4) is 0 Å². The molecule has 3 rings (SSSR count). The average molecular weight is 227 g/mol. The first-order valence-electron chi connectivity index (χ1n) is 5.28. The minimum atomic E-state index is -0.239. The summed E-state index contributed by atoms with van der Waals surface area (Å²) >= 11 is 0. The first-order valence-corrected chi connectivity index (χ1v) is 5.28. The average Bonchev–Trinajstić information content (AvgIpc) is 2.68. The number of rotatable bonds is 1. The van der Waals surface area contributed by atoms with Gasteiger partial charge in [0.1, 0.15) is 5.82 Å². The van der Waals surface area contributed by atoms with Gasteiger partial charge in [0.15, 0.2) is 5.65 Å². The molecule has 0 unspecified atom stereocenters. The van der Waals surface area contributed by atoms with Gasteiger partial charge >= 0.3 is 0 Å². The van der Waals surface area contributed by atoms with E-state index in [1.54, 1.807) is 16.9 Å². The summed E-state index contributed by atoms with van der Waals surface area (Å²) < 4.78 is 14.9. The Balaban J connectivity index is 2.30. The van der Waals surface area contributed by atoms with Gasteiger partial charge in [0.05, 0.1) is 0 Å². The lowest BCUT2D eigenvalue weighted by atomic mass is 10.0. The van der Waals surface area contributed by atoms with Crippen molar-refractivity contribution in [1.29, 1.82) is 0 Å². The van der Waals surface area contributed by atoms with Crippen LogP contribution in [0.15, 0.2) is 42.7 Å². The van der Waals surface area contributed by atoms with Gasteiger partial charge in [0, 0.05) is 24.8 Å². The molecule has 0 saturated heterocycles. The zero-order valence-electron chi connectivity index (χ0n) is 9.26. The van der Waals surface area contributed by atoms with Crippen LogP contribution >= 0.6 is 0 Å². The van der Waals surface area contributed by atoms with Gasteiger partial charge in [-0.2, -0.15) is 5.10 Å². The molecule has 1 aromatic carbocycles. The van der Waals surface area contributed by atoms with E-state index in [4.69, 9.17) is 0 Å². The number of hydrogen-bond acceptors (Lipinski definition) is 2. The van der Waals surface area contributed by atoms with Gasteiger partial charge < -0.3 is 0 Å². The Bertz CT molecular complexity index is 688. The molecule has 84 valence electrons. The molecule has 0 radical (unpaired) electrons. The summed E-state index contributed by atoms with van der Waals surface area (Å²) in [4.78, 5) is 4.18. The molecule has 0 fully saturated rings. The number of pyridine rings is 1. The fraction of sp³-hybridized carbons (Fsp3) is 0.0769. The van der Waals surface area contributed by atoms with E-state index in [0.29, 0.717) is 5.65 Å². The molecule has 17 heavy (non-hydrogen) atoms. The zero-order chi connectivity index (χ0) is 11.8. The molecular weight excluding hydrogens is 217 g/mol. The third-order valence-electron chi connectivity index (χ3n) is 2.67. The third-order valence-corrected chi connectivity index (χ3v) is 2.67. The second kappa shape index (κ2) is 3.66. The summed E-state index contributed by atoms with van der Waals surface area (Å²) in [6, 6.07) is 8.41. The monoisotopic (exact) mass is 227 g/mol. The maximum absolute atomic E-state index is 13.2. The van der Waals surface area contributed by atoms with Crippen molar-refractivity contribution >= 4 is 11.0 Å². The molecule has 0 bridgehead atoms. The Morgan fingerprint density at radius 3 is 2.94 bits per heavy atom. The van der Waals surface area contributed by atoms with Crippen LogP contribution in [0.4, 0.5) is 4.39 Å². The normalized spacial score (nSPS) is 10.9. The number of aromatic nitrogens is 3. The molecule has 0 aliphatic heterocycles. The lowest BCUT2D eigenvalue weighted by Crippen LogP contribution is -1.85. The zero-order valence-corrected chi connectivity index (χ0v) is 9.26. The summed E-state index contributed by atoms with van der Waals surface area (Å²) in [5, 5.41) is 5.16. The lowest BCUT2D eigenvalue weighted by Gasteiger charge is -2.02. The Hall–Kier alpha value is -2.23. The van der Waals surface area contributed by atoms with Crippen molar-refractivity contribution in [2.45, 2.75) is 0 Å². The molecule has 0 aliphatic rings. The summed E-state index contributed by atoms with van der Waals surface area (Å²) in [5.74, 6) is -0.239. The van der Waals surface area contributed by atoms with Crippen LogP contribution in [0.5, 0.6) is 0 Å². The van der Waals surface area contributed by atoms with Crippen molar-refractivity contribution in [3.8, 4) is 11.1 Å². The molecule has 2 heterocycles. The topological polar surface area (TPSA) is 30.7 Å². The minimum absolute atomic E-state index is 0.239. The van der Waals surface area contributed by atoms with Gasteiger partial charge in [-0.1, -0.05) is 12.1 Å². The summed E-state index contributed by atoms with van der Waals surface area (Å²) in [6.07, 6.45) is 3.58. The summed E-state index contributed by atoms with van der Waals surface area (Å²) in [7, 11) is 1.84. The smallest absolute Gasteiger partial charge is 0.181 e. The Labute approximate surface area is 97.5 Å². The van der Waals surface area contributed by atoms with Crippen LogP contribution in [-0.4, -0.2) is 14.8 Å². The SMILES string of the molecule is Cn1cc2c(-c3cccc(F)c3)ccnc2n1. The van der Waals surface area contributed by atoms with Gasteiger partial charge in [-0.3, -0.25) is 4.68 Å². The van der Waals surface area contributed by atoms with Gasteiger partial charge in [-0.15, -0.1) is 0 Å². The van der Waals surface area contributed by atoms with E-state index in [0.717, 1.165) is 16.5 Å². The van der Waals surface area contributed by atoms with E-state index in [1.165, 1.54) is 12.1 Å². The molecular formula is C13H10FN3. The molecule has 0 aliphatic carbocycles. The Morgan fingerprint density at radius 1 is 1.24 bits per heavy atom. The largest absolute Gasteiger partial charge is 0.273 e. The third kappa shape index (κ3) is 1.67. The molecule has 3 aromatic rings. The van der Waals surface area contributed by atoms with Gasteiger partial charge in [0.25, 0.3) is 0 Å². The minimum Gasteiger partial charge on any atom is -0.273 e. The number of fused-ring (bicyclic) bond motifs is 1. The van der Waals surface area contributed by atoms with Crippen LogP contribution in [0, 0.1) is 5.82 Å². The molecule has 0 spiro atoms. The number of nitrogens with zero attached hydrogens (tertiary/aromatic N) is 3. The van der Waals surface area contributed by atoms with Crippen LogP contribution in [0.1, 0.15) is 0 Å². The molecule has 0 saturated carbocycles. The molecule has 0 N–H and O–H groups in total. The number of halogens is 1. The highest BCUT2D eigenvalue weighted by Gasteiger charge is 2.07. The van der Waals surface area contributed by atoms with Crippen LogP contribution in [0.25, 0.3) is 22.2 Å². The highest BCUT2D eigenvalue weighted by atomic mass is 19.1. The fourth-order valence-electron chi connectivity index (χ4n) is 1.94. The van der Waals surface area contributed by atoms with Gasteiger partial charge in [-0.05, 0) is 29.3 Å². The van der Waals surface area contributed by atoms with E-state index in [9.17, 15) is 4.39 Å².